The molecule has 1 aromatic heterocycles. The van der Waals surface area contributed by atoms with Crippen LogP contribution in [0.2, 0.25) is 0 Å². The molecule has 0 aliphatic rings. The minimum atomic E-state index is 0.833. The summed E-state index contributed by atoms with van der Waals surface area (Å²) in [4.78, 5) is 3.51. The third kappa shape index (κ3) is 3.20. The van der Waals surface area contributed by atoms with E-state index in [1.807, 2.05) is 18.2 Å². The van der Waals surface area contributed by atoms with Crippen molar-refractivity contribution in [1.29, 1.82) is 0 Å². The van der Waals surface area contributed by atoms with Crippen molar-refractivity contribution in [3.05, 3.63) is 82.3 Å². The first-order valence-corrected chi connectivity index (χ1v) is 9.02. The van der Waals surface area contributed by atoms with E-state index in [-0.39, 0.29) is 0 Å². The Labute approximate surface area is 155 Å². The molecule has 0 unspecified atom stereocenters. The van der Waals surface area contributed by atoms with E-state index in [1.54, 1.807) is 0 Å². The number of halogens is 1. The van der Waals surface area contributed by atoms with Gasteiger partial charge in [0.1, 0.15) is 5.75 Å². The van der Waals surface area contributed by atoms with Crippen LogP contribution in [0.3, 0.4) is 0 Å². The van der Waals surface area contributed by atoms with Crippen LogP contribution in [0.5, 0.6) is 11.5 Å². The number of hydrogen-bond donors (Lipinski definition) is 1. The number of rotatable bonds is 3. The highest BCUT2D eigenvalue weighted by atomic mass is 79.9. The van der Waals surface area contributed by atoms with Gasteiger partial charge in [-0.3, -0.25) is 0 Å². The highest BCUT2D eigenvalue weighted by molar-refractivity contribution is 9.10. The average Bonchev–Trinajstić information content (AvgIpc) is 2.95. The van der Waals surface area contributed by atoms with Gasteiger partial charge in [-0.15, -0.1) is 0 Å². The van der Waals surface area contributed by atoms with Crippen LogP contribution in [0, 0.1) is 13.8 Å². The summed E-state index contributed by atoms with van der Waals surface area (Å²) in [6.45, 7) is 4.17. The van der Waals surface area contributed by atoms with Crippen LogP contribution in [0.1, 0.15) is 11.1 Å². The number of ether oxygens (including phenoxy) is 1. The molecule has 0 fully saturated rings. The molecule has 0 spiro atoms. The lowest BCUT2D eigenvalue weighted by molar-refractivity contribution is 0.490. The van der Waals surface area contributed by atoms with Gasteiger partial charge < -0.3 is 9.72 Å². The molecule has 4 rings (SSSR count). The molecule has 1 heterocycles. The zero-order valence-electron chi connectivity index (χ0n) is 14.1. The molecule has 0 radical (unpaired) electrons. The van der Waals surface area contributed by atoms with Crippen LogP contribution in [0.25, 0.3) is 22.2 Å². The van der Waals surface area contributed by atoms with Gasteiger partial charge >= 0.3 is 0 Å². The van der Waals surface area contributed by atoms with Crippen molar-refractivity contribution < 1.29 is 4.74 Å². The quantitative estimate of drug-likeness (QED) is 0.399. The van der Waals surface area contributed by atoms with Crippen LogP contribution >= 0.6 is 15.9 Å². The first kappa shape index (κ1) is 16.0. The van der Waals surface area contributed by atoms with Crippen LogP contribution in [0.4, 0.5) is 0 Å². The molecule has 0 atom stereocenters. The third-order valence-corrected chi connectivity index (χ3v) is 4.79. The normalized spacial score (nSPS) is 11.0. The second-order valence-electron chi connectivity index (χ2n) is 6.30. The molecule has 2 nitrogen and oxygen atoms in total. The number of hydrogen-bond acceptors (Lipinski definition) is 1. The Kier molecular flexibility index (Phi) is 4.10. The fourth-order valence-corrected chi connectivity index (χ4v) is 3.25. The first-order valence-electron chi connectivity index (χ1n) is 8.23. The summed E-state index contributed by atoms with van der Waals surface area (Å²) in [5.41, 5.74) is 5.62. The van der Waals surface area contributed by atoms with Crippen molar-refractivity contribution in [2.45, 2.75) is 13.8 Å². The molecular weight excluding hydrogens is 374 g/mol. The summed E-state index contributed by atoms with van der Waals surface area (Å²) in [6.07, 6.45) is 0. The zero-order chi connectivity index (χ0) is 17.4. The standard InChI is InChI=1S/C22H18BrNO/c1-14-3-7-16(8-4-14)21-22(25-18-10-5-15(2)6-11-18)19-13-17(23)9-12-20(19)24-21/h3-13,24H,1-2H3. The maximum Gasteiger partial charge on any atom is 0.160 e. The van der Waals surface area contributed by atoms with Crippen LogP contribution < -0.4 is 4.74 Å². The molecule has 0 bridgehead atoms. The molecule has 0 saturated carbocycles. The molecule has 25 heavy (non-hydrogen) atoms. The molecule has 3 heteroatoms. The maximum atomic E-state index is 6.31. The number of benzene rings is 3. The lowest BCUT2D eigenvalue weighted by Gasteiger charge is -2.09. The number of aromatic amines is 1. The van der Waals surface area contributed by atoms with E-state index in [4.69, 9.17) is 4.74 Å². The SMILES string of the molecule is Cc1ccc(Oc2c(-c3ccc(C)cc3)[nH]c3ccc(Br)cc23)cc1. The van der Waals surface area contributed by atoms with Gasteiger partial charge in [0.2, 0.25) is 0 Å². The Morgan fingerprint density at radius 1 is 0.800 bits per heavy atom. The highest BCUT2D eigenvalue weighted by Gasteiger charge is 2.16. The zero-order valence-corrected chi connectivity index (χ0v) is 15.7. The summed E-state index contributed by atoms with van der Waals surface area (Å²) >= 11 is 3.57. The monoisotopic (exact) mass is 391 g/mol. The summed E-state index contributed by atoms with van der Waals surface area (Å²) in [5, 5.41) is 1.06. The lowest BCUT2D eigenvalue weighted by atomic mass is 10.1. The van der Waals surface area contributed by atoms with E-state index in [1.165, 1.54) is 11.1 Å². The second kappa shape index (κ2) is 6.41. The number of aromatic nitrogens is 1. The molecule has 0 aliphatic carbocycles. The van der Waals surface area contributed by atoms with Gasteiger partial charge in [0.05, 0.1) is 5.69 Å². The van der Waals surface area contributed by atoms with Gasteiger partial charge in [-0.05, 0) is 44.2 Å². The Balaban J connectivity index is 1.89. The fourth-order valence-electron chi connectivity index (χ4n) is 2.89. The van der Waals surface area contributed by atoms with E-state index in [0.29, 0.717) is 0 Å². The van der Waals surface area contributed by atoms with E-state index in [2.05, 4.69) is 83.3 Å². The Morgan fingerprint density at radius 2 is 1.44 bits per heavy atom. The minimum absolute atomic E-state index is 0.833. The van der Waals surface area contributed by atoms with Gasteiger partial charge in [0.15, 0.2) is 5.75 Å². The molecular formula is C22H18BrNO. The number of nitrogens with one attached hydrogen (secondary N) is 1. The number of H-pyrrole nitrogens is 1. The third-order valence-electron chi connectivity index (χ3n) is 4.29. The van der Waals surface area contributed by atoms with Crippen molar-refractivity contribution in [1.82, 2.24) is 4.98 Å². The maximum absolute atomic E-state index is 6.31. The predicted octanol–water partition coefficient (Wildman–Crippen LogP) is 7.01. The number of fused-ring (bicyclic) bond motifs is 1. The lowest BCUT2D eigenvalue weighted by Crippen LogP contribution is -1.87. The van der Waals surface area contributed by atoms with Crippen molar-refractivity contribution in [2.24, 2.45) is 0 Å². The van der Waals surface area contributed by atoms with E-state index in [0.717, 1.165) is 38.1 Å². The smallest absolute Gasteiger partial charge is 0.160 e. The molecule has 0 amide bonds. The van der Waals surface area contributed by atoms with E-state index < -0.39 is 0 Å². The summed E-state index contributed by atoms with van der Waals surface area (Å²) in [5.74, 6) is 1.68. The summed E-state index contributed by atoms with van der Waals surface area (Å²) < 4.78 is 7.34. The Morgan fingerprint density at radius 3 is 2.12 bits per heavy atom. The van der Waals surface area contributed by atoms with Crippen molar-refractivity contribution >= 4 is 26.8 Å². The molecule has 124 valence electrons. The van der Waals surface area contributed by atoms with E-state index >= 15 is 0 Å². The van der Waals surface area contributed by atoms with Gasteiger partial charge in [0.25, 0.3) is 0 Å². The van der Waals surface area contributed by atoms with Gasteiger partial charge in [0, 0.05) is 20.9 Å². The van der Waals surface area contributed by atoms with Gasteiger partial charge in [-0.25, -0.2) is 0 Å². The van der Waals surface area contributed by atoms with E-state index in [9.17, 15) is 0 Å². The first-order chi connectivity index (χ1) is 12.1. The van der Waals surface area contributed by atoms with Crippen molar-refractivity contribution in [3.8, 4) is 22.8 Å². The van der Waals surface area contributed by atoms with Gasteiger partial charge in [-0.2, -0.15) is 0 Å². The largest absolute Gasteiger partial charge is 0.454 e. The fraction of sp³-hybridized carbons (Fsp3) is 0.0909. The van der Waals surface area contributed by atoms with Crippen LogP contribution in [-0.4, -0.2) is 4.98 Å². The summed E-state index contributed by atoms with van der Waals surface area (Å²) in [6, 6.07) is 22.8. The second-order valence-corrected chi connectivity index (χ2v) is 7.22. The van der Waals surface area contributed by atoms with Crippen molar-refractivity contribution in [3.63, 3.8) is 0 Å². The number of aryl methyl sites for hydroxylation is 2. The average molecular weight is 392 g/mol. The Bertz CT molecular complexity index is 1030. The highest BCUT2D eigenvalue weighted by Crippen LogP contribution is 2.40. The topological polar surface area (TPSA) is 25.0 Å². The molecule has 4 aromatic rings. The molecule has 0 aliphatic heterocycles. The Hall–Kier alpha value is -2.52. The summed E-state index contributed by atoms with van der Waals surface area (Å²) in [7, 11) is 0. The van der Waals surface area contributed by atoms with Gasteiger partial charge in [-0.1, -0.05) is 63.5 Å². The molecule has 3 aromatic carbocycles. The van der Waals surface area contributed by atoms with Crippen LogP contribution in [-0.2, 0) is 0 Å². The minimum Gasteiger partial charge on any atom is -0.454 e. The molecule has 1 N–H and O–H groups in total. The van der Waals surface area contributed by atoms with Crippen LogP contribution in [0.15, 0.2) is 71.2 Å². The van der Waals surface area contributed by atoms with Crippen molar-refractivity contribution in [2.75, 3.05) is 0 Å². The predicted molar refractivity (Wildman–Crippen MR) is 107 cm³/mol. The molecule has 0 saturated heterocycles.